The number of imide groups is 2. The third-order valence-corrected chi connectivity index (χ3v) is 3.26. The van der Waals surface area contributed by atoms with E-state index in [0.717, 1.165) is 9.80 Å². The van der Waals surface area contributed by atoms with Crippen molar-refractivity contribution in [3.05, 3.63) is 35.4 Å². The van der Waals surface area contributed by atoms with Crippen LogP contribution in [0.15, 0.2) is 29.8 Å². The molecule has 122 valence electrons. The van der Waals surface area contributed by atoms with E-state index in [1.165, 1.54) is 20.2 Å². The fourth-order valence-corrected chi connectivity index (χ4v) is 2.13. The maximum Gasteiger partial charge on any atom is 0.333 e. The van der Waals surface area contributed by atoms with Gasteiger partial charge in [0.25, 0.3) is 11.8 Å². The minimum atomic E-state index is -0.633. The number of ether oxygens (including phenoxy) is 1. The number of urea groups is 1. The summed E-state index contributed by atoms with van der Waals surface area (Å²) in [5.74, 6) is -0.508. The van der Waals surface area contributed by atoms with Gasteiger partial charge in [-0.2, -0.15) is 0 Å². The Kier molecular flexibility index (Phi) is 4.27. The van der Waals surface area contributed by atoms with Crippen LogP contribution in [-0.2, 0) is 9.59 Å². The Labute approximate surface area is 135 Å². The summed E-state index contributed by atoms with van der Waals surface area (Å²) in [6, 6.07) is 6.42. The molecule has 1 heterocycles. The Morgan fingerprint density at radius 3 is 1.83 bits per heavy atom. The molecule has 6 nitrogen and oxygen atoms in total. The Morgan fingerprint density at radius 1 is 0.913 bits per heavy atom. The van der Waals surface area contributed by atoms with Gasteiger partial charge >= 0.3 is 6.03 Å². The van der Waals surface area contributed by atoms with E-state index in [1.54, 1.807) is 24.3 Å². The lowest BCUT2D eigenvalue weighted by atomic mass is 10.1. The van der Waals surface area contributed by atoms with E-state index in [0.29, 0.717) is 11.3 Å². The molecule has 0 aromatic heterocycles. The van der Waals surface area contributed by atoms with Crippen LogP contribution in [0.4, 0.5) is 4.79 Å². The molecule has 1 fully saturated rings. The third-order valence-electron chi connectivity index (χ3n) is 3.26. The molecule has 4 amide bonds. The van der Waals surface area contributed by atoms with Crippen LogP contribution >= 0.6 is 0 Å². The first-order valence-electron chi connectivity index (χ1n) is 7.21. The number of carbonyl (C=O) groups excluding carboxylic acids is 3. The third kappa shape index (κ3) is 3.59. The summed E-state index contributed by atoms with van der Waals surface area (Å²) in [5, 5.41) is 0. The van der Waals surface area contributed by atoms with Gasteiger partial charge in [0.1, 0.15) is 16.9 Å². The zero-order valence-corrected chi connectivity index (χ0v) is 13.9. The molecule has 1 aliphatic rings. The first-order valence-corrected chi connectivity index (χ1v) is 7.21. The number of benzene rings is 1. The number of barbiturate groups is 1. The molecular weight excluding hydrogens is 296 g/mol. The second-order valence-electron chi connectivity index (χ2n) is 6.35. The molecule has 2 rings (SSSR count). The number of hydrogen-bond acceptors (Lipinski definition) is 4. The highest BCUT2D eigenvalue weighted by atomic mass is 16.5. The van der Waals surface area contributed by atoms with Gasteiger partial charge < -0.3 is 4.74 Å². The molecule has 0 radical (unpaired) electrons. The van der Waals surface area contributed by atoms with Crippen molar-refractivity contribution in [2.45, 2.75) is 26.4 Å². The van der Waals surface area contributed by atoms with Gasteiger partial charge in [-0.3, -0.25) is 19.4 Å². The Balaban J connectivity index is 2.28. The number of rotatable bonds is 2. The lowest BCUT2D eigenvalue weighted by Gasteiger charge is -2.28. The molecule has 0 atom stereocenters. The summed E-state index contributed by atoms with van der Waals surface area (Å²) in [7, 11) is 2.70. The molecule has 0 spiro atoms. The molecule has 1 aliphatic heterocycles. The highest BCUT2D eigenvalue weighted by molar-refractivity contribution is 6.30. The van der Waals surface area contributed by atoms with Crippen LogP contribution in [0, 0.1) is 0 Å². The molecule has 0 N–H and O–H groups in total. The van der Waals surface area contributed by atoms with Gasteiger partial charge in [0, 0.05) is 14.1 Å². The second-order valence-corrected chi connectivity index (χ2v) is 6.35. The van der Waals surface area contributed by atoms with E-state index >= 15 is 0 Å². The predicted octanol–water partition coefficient (Wildman–Crippen LogP) is 2.30. The van der Waals surface area contributed by atoms with Crippen molar-refractivity contribution in [2.24, 2.45) is 0 Å². The number of amides is 4. The molecule has 1 aromatic carbocycles. The number of carbonyl (C=O) groups is 3. The van der Waals surface area contributed by atoms with Crippen molar-refractivity contribution in [2.75, 3.05) is 14.1 Å². The maximum absolute atomic E-state index is 12.1. The first kappa shape index (κ1) is 16.7. The SMILES string of the molecule is CN1C(=O)C(=Cc2ccc(OC(C)(C)C)cc2)C(=O)N(C)C1=O. The molecule has 23 heavy (non-hydrogen) atoms. The number of nitrogens with zero attached hydrogens (tertiary/aromatic N) is 2. The van der Waals surface area contributed by atoms with Crippen LogP contribution in [0.25, 0.3) is 6.08 Å². The zero-order valence-electron chi connectivity index (χ0n) is 13.9. The smallest absolute Gasteiger partial charge is 0.333 e. The predicted molar refractivity (Wildman–Crippen MR) is 85.7 cm³/mol. The van der Waals surface area contributed by atoms with Gasteiger partial charge in [-0.05, 0) is 44.5 Å². The fourth-order valence-electron chi connectivity index (χ4n) is 2.13. The molecule has 1 aromatic rings. The minimum Gasteiger partial charge on any atom is -0.488 e. The van der Waals surface area contributed by atoms with Crippen LogP contribution in [0.2, 0.25) is 0 Å². The summed E-state index contributed by atoms with van der Waals surface area (Å²) >= 11 is 0. The van der Waals surface area contributed by atoms with Crippen molar-refractivity contribution < 1.29 is 19.1 Å². The summed E-state index contributed by atoms with van der Waals surface area (Å²) in [6.07, 6.45) is 1.48. The van der Waals surface area contributed by atoms with Crippen LogP contribution in [0.1, 0.15) is 26.3 Å². The molecule has 1 saturated heterocycles. The fraction of sp³-hybridized carbons (Fsp3) is 0.353. The lowest BCUT2D eigenvalue weighted by Crippen LogP contribution is -2.52. The van der Waals surface area contributed by atoms with E-state index in [1.807, 2.05) is 20.8 Å². The Morgan fingerprint density at radius 2 is 1.39 bits per heavy atom. The highest BCUT2D eigenvalue weighted by Gasteiger charge is 2.37. The van der Waals surface area contributed by atoms with Crippen LogP contribution < -0.4 is 4.74 Å². The van der Waals surface area contributed by atoms with Gasteiger partial charge in [0.15, 0.2) is 0 Å². The standard InChI is InChI=1S/C17H20N2O4/c1-17(2,3)23-12-8-6-11(7-9-12)10-13-14(20)18(4)16(22)19(5)15(13)21/h6-10H,1-5H3. The molecule has 6 heteroatoms. The lowest BCUT2D eigenvalue weighted by molar-refractivity contribution is -0.134. The second kappa shape index (κ2) is 5.87. The van der Waals surface area contributed by atoms with E-state index in [9.17, 15) is 14.4 Å². The largest absolute Gasteiger partial charge is 0.488 e. The van der Waals surface area contributed by atoms with Gasteiger partial charge in [0.05, 0.1) is 0 Å². The van der Waals surface area contributed by atoms with Crippen LogP contribution in [0.5, 0.6) is 5.75 Å². The van der Waals surface area contributed by atoms with Crippen LogP contribution in [0.3, 0.4) is 0 Å². The van der Waals surface area contributed by atoms with Crippen molar-refractivity contribution in [3.8, 4) is 5.75 Å². The van der Waals surface area contributed by atoms with Gasteiger partial charge in [-0.1, -0.05) is 12.1 Å². The van der Waals surface area contributed by atoms with Crippen LogP contribution in [-0.4, -0.2) is 47.3 Å². The summed E-state index contributed by atoms with van der Waals surface area (Å²) in [5.41, 5.74) is 0.333. The van der Waals surface area contributed by atoms with Crippen molar-refractivity contribution in [1.82, 2.24) is 9.80 Å². The van der Waals surface area contributed by atoms with Gasteiger partial charge in [-0.15, -0.1) is 0 Å². The van der Waals surface area contributed by atoms with E-state index < -0.39 is 17.8 Å². The molecule has 0 aliphatic carbocycles. The highest BCUT2D eigenvalue weighted by Crippen LogP contribution is 2.21. The first-order chi connectivity index (χ1) is 10.6. The molecule has 0 unspecified atom stereocenters. The van der Waals surface area contributed by atoms with Gasteiger partial charge in [0.2, 0.25) is 0 Å². The molecule has 0 saturated carbocycles. The average molecular weight is 316 g/mol. The molecular formula is C17H20N2O4. The molecule has 0 bridgehead atoms. The van der Waals surface area contributed by atoms with E-state index in [2.05, 4.69) is 0 Å². The quantitative estimate of drug-likeness (QED) is 0.620. The zero-order chi connectivity index (χ0) is 17.4. The number of likely N-dealkylation sites (N-methyl/N-ethyl adjacent to an activating group) is 2. The Hall–Kier alpha value is -2.63. The van der Waals surface area contributed by atoms with Crippen molar-refractivity contribution >= 4 is 23.9 Å². The monoisotopic (exact) mass is 316 g/mol. The van der Waals surface area contributed by atoms with E-state index in [-0.39, 0.29) is 11.2 Å². The minimum absolute atomic E-state index is 0.0425. The van der Waals surface area contributed by atoms with E-state index in [4.69, 9.17) is 4.74 Å². The normalized spacial score (nSPS) is 16.0. The van der Waals surface area contributed by atoms with Crippen molar-refractivity contribution in [1.29, 1.82) is 0 Å². The summed E-state index contributed by atoms with van der Waals surface area (Å²) in [4.78, 5) is 37.8. The summed E-state index contributed by atoms with van der Waals surface area (Å²) < 4.78 is 5.72. The topological polar surface area (TPSA) is 66.9 Å². The van der Waals surface area contributed by atoms with Gasteiger partial charge in [-0.25, -0.2) is 4.79 Å². The Bertz CT molecular complexity index is 658. The van der Waals surface area contributed by atoms with Crippen molar-refractivity contribution in [3.63, 3.8) is 0 Å². The maximum atomic E-state index is 12.1. The summed E-state index contributed by atoms with van der Waals surface area (Å²) in [6.45, 7) is 5.85. The number of hydrogen-bond donors (Lipinski definition) is 0. The average Bonchev–Trinajstić information content (AvgIpc) is 2.48.